The van der Waals surface area contributed by atoms with E-state index in [1.54, 1.807) is 24.3 Å². The number of amidine groups is 2. The number of hydrogen-bond acceptors (Lipinski definition) is 18. The third-order valence-electron chi connectivity index (χ3n) is 9.68. The Hall–Kier alpha value is -6.82. The largest absolute Gasteiger partial charge is 0.378 e. The van der Waals surface area contributed by atoms with E-state index in [1.165, 1.54) is 46.9 Å². The molecule has 4 aliphatic rings. The number of morpholine rings is 2. The molecule has 4 aromatic carbocycles. The van der Waals surface area contributed by atoms with E-state index in [4.69, 9.17) is 9.47 Å². The van der Waals surface area contributed by atoms with Crippen LogP contribution in [0.3, 0.4) is 0 Å². The van der Waals surface area contributed by atoms with E-state index in [1.807, 2.05) is 70.5 Å². The molecule has 4 heterocycles. The van der Waals surface area contributed by atoms with Gasteiger partial charge in [0.2, 0.25) is 0 Å². The highest BCUT2D eigenvalue weighted by atomic mass is 32.2. The highest BCUT2D eigenvalue weighted by Gasteiger charge is 2.24. The SMILES string of the molecule is O=S(=O)(O)c1cc(NC2=CC(N3CCOCC3)=NN(Nc3ccccc3)N2)ccc1/C=C/c1ccc(NC2=CC(N3CCOCC3)=NN(Nc3ccccc3)N2)cc1S(=O)(=O)O. The van der Waals surface area contributed by atoms with Crippen LogP contribution in [0.1, 0.15) is 11.1 Å². The van der Waals surface area contributed by atoms with Gasteiger partial charge in [-0.3, -0.25) is 20.0 Å². The molecule has 20 nitrogen and oxygen atoms in total. The Morgan fingerprint density at radius 2 is 0.935 bits per heavy atom. The highest BCUT2D eigenvalue weighted by Crippen LogP contribution is 2.28. The Labute approximate surface area is 358 Å². The lowest BCUT2D eigenvalue weighted by atomic mass is 10.1. The summed E-state index contributed by atoms with van der Waals surface area (Å²) in [6.45, 7) is 4.57. The maximum absolute atomic E-state index is 12.8. The number of ether oxygens (including phenoxy) is 2. The second kappa shape index (κ2) is 18.4. The molecule has 0 aromatic heterocycles. The zero-order valence-electron chi connectivity index (χ0n) is 33.0. The number of hydrogen-bond donors (Lipinski definition) is 8. The van der Waals surface area contributed by atoms with Crippen LogP contribution in [0.4, 0.5) is 22.7 Å². The third-order valence-corrected chi connectivity index (χ3v) is 11.5. The van der Waals surface area contributed by atoms with Gasteiger partial charge in [0, 0.05) is 49.7 Å². The number of para-hydroxylation sites is 2. The van der Waals surface area contributed by atoms with E-state index in [9.17, 15) is 25.9 Å². The van der Waals surface area contributed by atoms with E-state index in [-0.39, 0.29) is 11.1 Å². The first-order valence-corrected chi connectivity index (χ1v) is 22.3. The van der Waals surface area contributed by atoms with Crippen LogP contribution in [0.15, 0.2) is 141 Å². The maximum atomic E-state index is 12.8. The van der Waals surface area contributed by atoms with Gasteiger partial charge >= 0.3 is 0 Å². The normalized spacial score (nSPS) is 17.3. The molecule has 4 aromatic rings. The first-order valence-electron chi connectivity index (χ1n) is 19.4. The monoisotopic (exact) mass is 884 g/mol. The molecule has 0 saturated carbocycles. The first-order chi connectivity index (χ1) is 29.9. The first kappa shape index (κ1) is 41.9. The predicted molar refractivity (Wildman–Crippen MR) is 235 cm³/mol. The van der Waals surface area contributed by atoms with Gasteiger partial charge in [-0.25, -0.2) is 10.9 Å². The summed E-state index contributed by atoms with van der Waals surface area (Å²) in [5.41, 5.74) is 14.8. The predicted octanol–water partition coefficient (Wildman–Crippen LogP) is 3.84. The van der Waals surface area contributed by atoms with Crippen LogP contribution in [-0.4, -0.2) is 110 Å². The molecule has 324 valence electrons. The van der Waals surface area contributed by atoms with E-state index in [2.05, 4.69) is 42.5 Å². The summed E-state index contributed by atoms with van der Waals surface area (Å²) in [4.78, 5) is 3.19. The Bertz CT molecular complexity index is 2450. The molecule has 0 atom stereocenters. The van der Waals surface area contributed by atoms with Crippen LogP contribution in [-0.2, 0) is 29.7 Å². The number of hydrazine groups is 4. The number of hydrazone groups is 2. The van der Waals surface area contributed by atoms with Crippen molar-refractivity contribution in [3.8, 4) is 0 Å². The van der Waals surface area contributed by atoms with Crippen LogP contribution in [0.2, 0.25) is 0 Å². The summed E-state index contributed by atoms with van der Waals surface area (Å²) in [7, 11) is -9.60. The van der Waals surface area contributed by atoms with Crippen molar-refractivity contribution in [1.82, 2.24) is 31.1 Å². The van der Waals surface area contributed by atoms with Gasteiger partial charge in [-0.15, -0.1) is 20.7 Å². The fraction of sp³-hybridized carbons (Fsp3) is 0.200. The van der Waals surface area contributed by atoms with Crippen LogP contribution in [0.25, 0.3) is 12.2 Å². The summed E-state index contributed by atoms with van der Waals surface area (Å²) in [6, 6.07) is 27.4. The smallest absolute Gasteiger partial charge is 0.295 e. The summed E-state index contributed by atoms with van der Waals surface area (Å²) >= 11 is 0. The van der Waals surface area contributed by atoms with E-state index < -0.39 is 30.0 Å². The zero-order chi connectivity index (χ0) is 43.1. The van der Waals surface area contributed by atoms with Crippen LogP contribution >= 0.6 is 0 Å². The van der Waals surface area contributed by atoms with Gasteiger partial charge in [0.25, 0.3) is 20.2 Å². The van der Waals surface area contributed by atoms with Gasteiger partial charge in [0.05, 0.1) is 37.8 Å². The van der Waals surface area contributed by atoms with Gasteiger partial charge in [-0.1, -0.05) is 60.7 Å². The maximum Gasteiger partial charge on any atom is 0.295 e. The molecule has 0 radical (unpaired) electrons. The van der Waals surface area contributed by atoms with Gasteiger partial charge in [-0.05, 0) is 59.7 Å². The summed E-state index contributed by atoms with van der Waals surface area (Å²) in [5.74, 6) is 2.10. The van der Waals surface area contributed by atoms with Crippen molar-refractivity contribution >= 4 is 66.8 Å². The van der Waals surface area contributed by atoms with Gasteiger partial charge in [0.15, 0.2) is 11.7 Å². The van der Waals surface area contributed by atoms with Crippen molar-refractivity contribution in [3.05, 3.63) is 132 Å². The average molecular weight is 885 g/mol. The Morgan fingerprint density at radius 3 is 1.31 bits per heavy atom. The number of nitrogens with zero attached hydrogens (tertiary/aromatic N) is 6. The Kier molecular flexibility index (Phi) is 12.5. The fourth-order valence-corrected chi connectivity index (χ4v) is 8.12. The lowest BCUT2D eigenvalue weighted by Gasteiger charge is -2.34. The highest BCUT2D eigenvalue weighted by molar-refractivity contribution is 7.86. The minimum Gasteiger partial charge on any atom is -0.378 e. The van der Waals surface area contributed by atoms with Gasteiger partial charge < -0.3 is 29.9 Å². The molecule has 0 amide bonds. The fourth-order valence-electron chi connectivity index (χ4n) is 6.70. The van der Waals surface area contributed by atoms with Crippen LogP contribution in [0.5, 0.6) is 0 Å². The molecule has 22 heteroatoms. The molecule has 0 spiro atoms. The second-order valence-corrected chi connectivity index (χ2v) is 16.9. The number of rotatable bonds is 12. The van der Waals surface area contributed by atoms with Crippen LogP contribution in [0, 0.1) is 0 Å². The molecule has 2 fully saturated rings. The van der Waals surface area contributed by atoms with Crippen molar-refractivity contribution in [3.63, 3.8) is 0 Å². The minimum absolute atomic E-state index is 0.0487. The van der Waals surface area contributed by atoms with Crippen molar-refractivity contribution < 1.29 is 35.4 Å². The van der Waals surface area contributed by atoms with Gasteiger partial charge in [-0.2, -0.15) is 16.8 Å². The van der Waals surface area contributed by atoms with Crippen molar-refractivity contribution in [2.75, 3.05) is 74.1 Å². The molecule has 62 heavy (non-hydrogen) atoms. The van der Waals surface area contributed by atoms with Crippen molar-refractivity contribution in [1.29, 1.82) is 0 Å². The average Bonchev–Trinajstić information content (AvgIpc) is 3.27. The summed E-state index contributed by atoms with van der Waals surface area (Å²) in [5, 5.41) is 18.5. The lowest BCUT2D eigenvalue weighted by molar-refractivity contribution is 0.0668. The molecule has 0 unspecified atom stereocenters. The second-order valence-electron chi connectivity index (χ2n) is 14.1. The molecule has 4 aliphatic heterocycles. The Balaban J connectivity index is 1.03. The van der Waals surface area contributed by atoms with Crippen molar-refractivity contribution in [2.45, 2.75) is 9.79 Å². The number of anilines is 4. The van der Waals surface area contributed by atoms with E-state index in [0.717, 1.165) is 11.4 Å². The van der Waals surface area contributed by atoms with E-state index in [0.29, 0.717) is 87.3 Å². The van der Waals surface area contributed by atoms with Gasteiger partial charge in [0.1, 0.15) is 21.4 Å². The van der Waals surface area contributed by atoms with E-state index >= 15 is 0 Å². The third kappa shape index (κ3) is 10.7. The summed E-state index contributed by atoms with van der Waals surface area (Å²) in [6.07, 6.45) is 6.19. The lowest BCUT2D eigenvalue weighted by Crippen LogP contribution is -2.48. The molecular formula is C40H44N12O8S2. The number of benzene rings is 4. The molecule has 8 rings (SSSR count). The van der Waals surface area contributed by atoms with Crippen molar-refractivity contribution in [2.24, 2.45) is 10.2 Å². The topological polar surface area (TPSA) is 237 Å². The van der Waals surface area contributed by atoms with Crippen LogP contribution < -0.4 is 32.3 Å². The Morgan fingerprint density at radius 1 is 0.548 bits per heavy atom. The zero-order valence-corrected chi connectivity index (χ0v) is 34.7. The number of nitrogens with one attached hydrogen (secondary N) is 6. The minimum atomic E-state index is -4.80. The quantitative estimate of drug-likeness (QED) is 0.0745. The standard InChI is InChI=1S/C40H44N12O8S2/c53-61(54,55)35-25-33(41-37-27-39(49-17-21-59-22-18-49)47-51(45-37)43-31-7-3-1-4-8-31)15-13-29(35)11-12-30-14-16-34(26-36(30)62(56,57)58)42-38-28-40(50-19-23-60-24-20-50)48-52(46-38)44-32-9-5-2-6-10-32/h1-16,25-28,41-46H,17-24H2,(H,53,54,55)(H,56,57,58)/b12-11+. The molecular weight excluding hydrogens is 841 g/mol. The molecule has 0 bridgehead atoms. The molecule has 0 aliphatic carbocycles. The molecule has 8 N–H and O–H groups in total. The summed E-state index contributed by atoms with van der Waals surface area (Å²) < 4.78 is 82.7. The molecule has 2 saturated heterocycles.